The van der Waals surface area contributed by atoms with Crippen molar-refractivity contribution in [3.05, 3.63) is 57.7 Å². The fraction of sp³-hybridized carbons (Fsp3) is 0.200. The van der Waals surface area contributed by atoms with Crippen LogP contribution in [0.25, 0.3) is 0 Å². The third-order valence-corrected chi connectivity index (χ3v) is 3.64. The molecule has 2 aromatic rings. The molecule has 0 saturated heterocycles. The molecule has 0 spiro atoms. The van der Waals surface area contributed by atoms with Gasteiger partial charge in [-0.05, 0) is 30.7 Å². The van der Waals surface area contributed by atoms with Crippen LogP contribution in [0.15, 0.2) is 40.9 Å². The Hall–Kier alpha value is -1.86. The number of hydrogen-bond donors (Lipinski definition) is 0. The maximum Gasteiger partial charge on any atom is 0.146 e. The summed E-state index contributed by atoms with van der Waals surface area (Å²) >= 11 is 3.54. The van der Waals surface area contributed by atoms with Gasteiger partial charge in [0.2, 0.25) is 0 Å². The molecule has 0 radical (unpaired) electrons. The number of hydrogen-bond acceptors (Lipinski definition) is 3. The Balaban J connectivity index is 2.30. The van der Waals surface area contributed by atoms with Crippen LogP contribution in [0.1, 0.15) is 16.8 Å². The molecule has 2 rings (SSSR count). The highest BCUT2D eigenvalue weighted by Crippen LogP contribution is 2.22. The first-order valence-electron chi connectivity index (χ1n) is 5.94. The van der Waals surface area contributed by atoms with Gasteiger partial charge in [-0.3, -0.25) is 0 Å². The van der Waals surface area contributed by atoms with Gasteiger partial charge in [-0.1, -0.05) is 34.1 Å². The van der Waals surface area contributed by atoms with E-state index in [2.05, 4.69) is 33.0 Å². The number of anilines is 1. The maximum atomic E-state index is 9.15. The van der Waals surface area contributed by atoms with Crippen molar-refractivity contribution in [1.29, 1.82) is 5.26 Å². The molecule has 0 aliphatic rings. The largest absolute Gasteiger partial charge is 0.354 e. The SMILES string of the molecule is Cc1ccc(C#N)c(N(C)Cc2ccccc2Br)n1. The van der Waals surface area contributed by atoms with Crippen LogP contribution in [0.5, 0.6) is 0 Å². The highest BCUT2D eigenvalue weighted by molar-refractivity contribution is 9.10. The van der Waals surface area contributed by atoms with Crippen molar-refractivity contribution in [2.45, 2.75) is 13.5 Å². The zero-order chi connectivity index (χ0) is 13.8. The van der Waals surface area contributed by atoms with E-state index in [1.54, 1.807) is 0 Å². The van der Waals surface area contributed by atoms with Gasteiger partial charge < -0.3 is 4.90 Å². The lowest BCUT2D eigenvalue weighted by atomic mass is 10.2. The minimum atomic E-state index is 0.597. The number of benzene rings is 1. The topological polar surface area (TPSA) is 39.9 Å². The van der Waals surface area contributed by atoms with Gasteiger partial charge in [0.25, 0.3) is 0 Å². The molecule has 19 heavy (non-hydrogen) atoms. The van der Waals surface area contributed by atoms with Gasteiger partial charge in [0.05, 0.1) is 5.56 Å². The van der Waals surface area contributed by atoms with Crippen molar-refractivity contribution >= 4 is 21.7 Å². The van der Waals surface area contributed by atoms with Crippen molar-refractivity contribution in [1.82, 2.24) is 4.98 Å². The first-order chi connectivity index (χ1) is 9.11. The van der Waals surface area contributed by atoms with E-state index in [0.29, 0.717) is 12.1 Å². The Labute approximate surface area is 121 Å². The summed E-state index contributed by atoms with van der Waals surface area (Å²) in [4.78, 5) is 6.45. The molecule has 0 atom stereocenters. The van der Waals surface area contributed by atoms with Gasteiger partial charge in [0.15, 0.2) is 0 Å². The van der Waals surface area contributed by atoms with Crippen LogP contribution in [0, 0.1) is 18.3 Å². The second-order valence-corrected chi connectivity index (χ2v) is 5.24. The molecule has 0 amide bonds. The minimum absolute atomic E-state index is 0.597. The number of nitriles is 1. The second kappa shape index (κ2) is 5.85. The van der Waals surface area contributed by atoms with Crippen LogP contribution in [0.3, 0.4) is 0 Å². The van der Waals surface area contributed by atoms with Crippen LogP contribution >= 0.6 is 15.9 Å². The van der Waals surface area contributed by atoms with Crippen molar-refractivity contribution in [2.24, 2.45) is 0 Å². The fourth-order valence-electron chi connectivity index (χ4n) is 1.88. The van der Waals surface area contributed by atoms with Crippen molar-refractivity contribution in [3.63, 3.8) is 0 Å². The van der Waals surface area contributed by atoms with E-state index >= 15 is 0 Å². The van der Waals surface area contributed by atoms with Gasteiger partial charge in [-0.15, -0.1) is 0 Å². The predicted molar refractivity (Wildman–Crippen MR) is 79.9 cm³/mol. The molecule has 0 bridgehead atoms. The molecule has 0 unspecified atom stereocenters. The monoisotopic (exact) mass is 315 g/mol. The van der Waals surface area contributed by atoms with Crippen molar-refractivity contribution < 1.29 is 0 Å². The molecular formula is C15H14BrN3. The van der Waals surface area contributed by atoms with Crippen LogP contribution < -0.4 is 4.90 Å². The van der Waals surface area contributed by atoms with Gasteiger partial charge in [-0.25, -0.2) is 4.98 Å². The Morgan fingerprint density at radius 3 is 2.68 bits per heavy atom. The molecule has 0 N–H and O–H groups in total. The molecule has 0 fully saturated rings. The summed E-state index contributed by atoms with van der Waals surface area (Å²) in [5, 5.41) is 9.15. The standard InChI is InChI=1S/C15H14BrN3/c1-11-7-8-12(9-17)15(18-11)19(2)10-13-5-3-4-6-14(13)16/h3-8H,10H2,1-2H3. The van der Waals surface area contributed by atoms with Gasteiger partial charge in [0.1, 0.15) is 11.9 Å². The van der Waals surface area contributed by atoms with Gasteiger partial charge in [0, 0.05) is 23.8 Å². The van der Waals surface area contributed by atoms with Crippen molar-refractivity contribution in [3.8, 4) is 6.07 Å². The fourth-order valence-corrected chi connectivity index (χ4v) is 2.29. The van der Waals surface area contributed by atoms with Crippen LogP contribution in [0.2, 0.25) is 0 Å². The first-order valence-corrected chi connectivity index (χ1v) is 6.73. The number of rotatable bonds is 3. The number of pyridine rings is 1. The van der Waals surface area contributed by atoms with Crippen LogP contribution in [0.4, 0.5) is 5.82 Å². The summed E-state index contributed by atoms with van der Waals surface area (Å²) in [5.41, 5.74) is 2.67. The lowest BCUT2D eigenvalue weighted by Gasteiger charge is -2.20. The number of aromatic nitrogens is 1. The Morgan fingerprint density at radius 1 is 1.26 bits per heavy atom. The summed E-state index contributed by atoms with van der Waals surface area (Å²) in [6.07, 6.45) is 0. The van der Waals surface area contributed by atoms with E-state index in [1.807, 2.05) is 49.2 Å². The quantitative estimate of drug-likeness (QED) is 0.867. The van der Waals surface area contributed by atoms with Crippen LogP contribution in [-0.2, 0) is 6.54 Å². The molecule has 4 heteroatoms. The van der Waals surface area contributed by atoms with E-state index < -0.39 is 0 Å². The van der Waals surface area contributed by atoms with Gasteiger partial charge in [-0.2, -0.15) is 5.26 Å². The van der Waals surface area contributed by atoms with Crippen molar-refractivity contribution in [2.75, 3.05) is 11.9 Å². The molecule has 0 saturated carbocycles. The Bertz CT molecular complexity index is 632. The Morgan fingerprint density at radius 2 is 2.00 bits per heavy atom. The first kappa shape index (κ1) is 13.6. The summed E-state index contributed by atoms with van der Waals surface area (Å²) in [6, 6.07) is 13.9. The zero-order valence-corrected chi connectivity index (χ0v) is 12.5. The van der Waals surface area contributed by atoms with E-state index in [1.165, 1.54) is 0 Å². The molecule has 1 aromatic carbocycles. The second-order valence-electron chi connectivity index (χ2n) is 4.38. The zero-order valence-electron chi connectivity index (χ0n) is 10.9. The molecule has 0 aliphatic carbocycles. The number of nitrogens with zero attached hydrogens (tertiary/aromatic N) is 3. The van der Waals surface area contributed by atoms with E-state index in [-0.39, 0.29) is 0 Å². The Kier molecular flexibility index (Phi) is 4.18. The molecule has 3 nitrogen and oxygen atoms in total. The molecular weight excluding hydrogens is 302 g/mol. The highest BCUT2D eigenvalue weighted by atomic mass is 79.9. The summed E-state index contributed by atoms with van der Waals surface area (Å²) < 4.78 is 1.06. The van der Waals surface area contributed by atoms with E-state index in [4.69, 9.17) is 5.26 Å². The lowest BCUT2D eigenvalue weighted by Crippen LogP contribution is -2.19. The normalized spacial score (nSPS) is 10.0. The molecule has 96 valence electrons. The molecule has 1 aromatic heterocycles. The summed E-state index contributed by atoms with van der Waals surface area (Å²) in [5.74, 6) is 0.721. The minimum Gasteiger partial charge on any atom is -0.354 e. The maximum absolute atomic E-state index is 9.15. The smallest absolute Gasteiger partial charge is 0.146 e. The average molecular weight is 316 g/mol. The molecule has 0 aliphatic heterocycles. The van der Waals surface area contributed by atoms with Gasteiger partial charge >= 0.3 is 0 Å². The summed E-state index contributed by atoms with van der Waals surface area (Å²) in [6.45, 7) is 2.63. The average Bonchev–Trinajstić information content (AvgIpc) is 2.41. The lowest BCUT2D eigenvalue weighted by molar-refractivity contribution is 0.885. The molecule has 1 heterocycles. The van der Waals surface area contributed by atoms with E-state index in [0.717, 1.165) is 21.5 Å². The highest BCUT2D eigenvalue weighted by Gasteiger charge is 2.11. The predicted octanol–water partition coefficient (Wildman–Crippen LogP) is 3.66. The number of aryl methyl sites for hydroxylation is 1. The van der Waals surface area contributed by atoms with E-state index in [9.17, 15) is 0 Å². The summed E-state index contributed by atoms with van der Waals surface area (Å²) in [7, 11) is 1.95. The van der Waals surface area contributed by atoms with Crippen LogP contribution in [-0.4, -0.2) is 12.0 Å². The third kappa shape index (κ3) is 3.12. The number of halogens is 1. The third-order valence-electron chi connectivity index (χ3n) is 2.86.